The zero-order valence-corrected chi connectivity index (χ0v) is 15.9. The molecule has 0 aliphatic heterocycles. The Kier molecular flexibility index (Phi) is 8.08. The lowest BCUT2D eigenvalue weighted by atomic mass is 10.3. The fourth-order valence-corrected chi connectivity index (χ4v) is 2.28. The number of amides is 1. The fourth-order valence-electron chi connectivity index (χ4n) is 2.28. The van der Waals surface area contributed by atoms with E-state index in [4.69, 9.17) is 4.74 Å². The van der Waals surface area contributed by atoms with Crippen molar-refractivity contribution in [2.45, 2.75) is 20.0 Å². The molecule has 1 amide bonds. The zero-order valence-electron chi connectivity index (χ0n) is 15.9. The molecule has 2 aromatic rings. The third-order valence-electron chi connectivity index (χ3n) is 3.60. The lowest BCUT2D eigenvalue weighted by Crippen LogP contribution is -2.42. The summed E-state index contributed by atoms with van der Waals surface area (Å²) in [5.41, 5.74) is 0.572. The van der Waals surface area contributed by atoms with Gasteiger partial charge in [-0.3, -0.25) is 4.79 Å². The number of para-hydroxylation sites is 1. The van der Waals surface area contributed by atoms with E-state index >= 15 is 0 Å². The average molecular weight is 388 g/mol. The van der Waals surface area contributed by atoms with Gasteiger partial charge < -0.3 is 25.8 Å². The third-order valence-corrected chi connectivity index (χ3v) is 3.60. The molecular formula is C20H25FN4O3. The summed E-state index contributed by atoms with van der Waals surface area (Å²) in [6.07, 6.45) is -0.313. The molecule has 1 atom stereocenters. The SMILES string of the molecule is CCNC(=NCC(=O)Nc1ccc(O)cc1)NCC(C)Oc1ccccc1F. The van der Waals surface area contributed by atoms with Crippen molar-refractivity contribution in [1.29, 1.82) is 0 Å². The van der Waals surface area contributed by atoms with Gasteiger partial charge in [0.25, 0.3) is 0 Å². The molecule has 4 N–H and O–H groups in total. The number of anilines is 1. The van der Waals surface area contributed by atoms with Crippen LogP contribution in [0.5, 0.6) is 11.5 Å². The Balaban J connectivity index is 1.84. The van der Waals surface area contributed by atoms with Crippen LogP contribution in [0, 0.1) is 5.82 Å². The number of halogens is 1. The van der Waals surface area contributed by atoms with Gasteiger partial charge in [0.2, 0.25) is 5.91 Å². The second-order valence-corrected chi connectivity index (χ2v) is 6.03. The van der Waals surface area contributed by atoms with E-state index in [2.05, 4.69) is 20.9 Å². The van der Waals surface area contributed by atoms with Crippen LogP contribution in [0.2, 0.25) is 0 Å². The minimum atomic E-state index is -0.416. The molecule has 150 valence electrons. The van der Waals surface area contributed by atoms with E-state index in [0.717, 1.165) is 0 Å². The fraction of sp³-hybridized carbons (Fsp3) is 0.300. The number of carbonyl (C=O) groups excluding carboxylic acids is 1. The Bertz CT molecular complexity index is 796. The summed E-state index contributed by atoms with van der Waals surface area (Å²) in [4.78, 5) is 16.2. The van der Waals surface area contributed by atoms with Crippen molar-refractivity contribution in [2.24, 2.45) is 4.99 Å². The van der Waals surface area contributed by atoms with Gasteiger partial charge in [-0.15, -0.1) is 0 Å². The number of hydrogen-bond acceptors (Lipinski definition) is 4. The molecular weight excluding hydrogens is 363 g/mol. The monoisotopic (exact) mass is 388 g/mol. The smallest absolute Gasteiger partial charge is 0.246 e. The number of nitrogens with zero attached hydrogens (tertiary/aromatic N) is 1. The quantitative estimate of drug-likeness (QED) is 0.317. The number of phenolic OH excluding ortho intramolecular Hbond substituents is 1. The number of ether oxygens (including phenoxy) is 1. The van der Waals surface area contributed by atoms with Gasteiger partial charge >= 0.3 is 0 Å². The first kappa shape index (κ1) is 21.0. The predicted octanol–water partition coefficient (Wildman–Crippen LogP) is 2.49. The molecule has 7 nitrogen and oxygen atoms in total. The highest BCUT2D eigenvalue weighted by atomic mass is 19.1. The van der Waals surface area contributed by atoms with Gasteiger partial charge in [0, 0.05) is 12.2 Å². The Hall–Kier alpha value is -3.29. The topological polar surface area (TPSA) is 95.0 Å². The standard InChI is InChI=1S/C20H25FN4O3/c1-3-22-20(23-12-14(2)28-18-7-5-4-6-17(18)21)24-13-19(27)25-15-8-10-16(26)11-9-15/h4-11,14,26H,3,12-13H2,1-2H3,(H,25,27)(H2,22,23,24). The highest BCUT2D eigenvalue weighted by molar-refractivity contribution is 5.94. The van der Waals surface area contributed by atoms with Crippen molar-refractivity contribution in [3.8, 4) is 11.5 Å². The van der Waals surface area contributed by atoms with E-state index in [1.54, 1.807) is 37.3 Å². The summed E-state index contributed by atoms with van der Waals surface area (Å²) in [7, 11) is 0. The van der Waals surface area contributed by atoms with E-state index in [1.807, 2.05) is 6.92 Å². The molecule has 0 fully saturated rings. The first-order chi connectivity index (χ1) is 13.5. The largest absolute Gasteiger partial charge is 0.508 e. The summed E-state index contributed by atoms with van der Waals surface area (Å²) in [5.74, 6) is 0.0557. The third kappa shape index (κ3) is 7.14. The molecule has 1 unspecified atom stereocenters. The number of aliphatic imine (C=N–C) groups is 1. The molecule has 0 aliphatic carbocycles. The molecule has 8 heteroatoms. The van der Waals surface area contributed by atoms with Gasteiger partial charge in [-0.05, 0) is 50.2 Å². The summed E-state index contributed by atoms with van der Waals surface area (Å²) >= 11 is 0. The Labute approximate surface area is 163 Å². The normalized spacial score (nSPS) is 12.2. The Morgan fingerprint density at radius 3 is 2.57 bits per heavy atom. The second-order valence-electron chi connectivity index (χ2n) is 6.03. The molecule has 2 rings (SSSR count). The number of nitrogens with one attached hydrogen (secondary N) is 3. The molecule has 28 heavy (non-hydrogen) atoms. The highest BCUT2D eigenvalue weighted by Gasteiger charge is 2.09. The number of phenols is 1. The van der Waals surface area contributed by atoms with Crippen molar-refractivity contribution in [3.05, 3.63) is 54.3 Å². The lowest BCUT2D eigenvalue weighted by Gasteiger charge is -2.18. The maximum Gasteiger partial charge on any atom is 0.246 e. The Morgan fingerprint density at radius 1 is 1.18 bits per heavy atom. The lowest BCUT2D eigenvalue weighted by molar-refractivity contribution is -0.114. The van der Waals surface area contributed by atoms with Crippen molar-refractivity contribution in [1.82, 2.24) is 10.6 Å². The Morgan fingerprint density at radius 2 is 1.89 bits per heavy atom. The first-order valence-corrected chi connectivity index (χ1v) is 9.00. The number of benzene rings is 2. The average Bonchev–Trinajstić information content (AvgIpc) is 2.67. The van der Waals surface area contributed by atoms with Gasteiger partial charge in [-0.25, -0.2) is 9.38 Å². The van der Waals surface area contributed by atoms with E-state index < -0.39 is 5.82 Å². The number of hydrogen-bond donors (Lipinski definition) is 4. The minimum Gasteiger partial charge on any atom is -0.508 e. The summed E-state index contributed by atoms with van der Waals surface area (Å²) in [6, 6.07) is 12.4. The molecule has 0 aliphatic rings. The van der Waals surface area contributed by atoms with Crippen LogP contribution in [0.1, 0.15) is 13.8 Å². The van der Waals surface area contributed by atoms with E-state index in [9.17, 15) is 14.3 Å². The summed E-state index contributed by atoms with van der Waals surface area (Å²) in [6.45, 7) is 4.62. The van der Waals surface area contributed by atoms with Gasteiger partial charge in [0.15, 0.2) is 17.5 Å². The van der Waals surface area contributed by atoms with E-state index in [-0.39, 0.29) is 30.1 Å². The molecule has 2 aromatic carbocycles. The van der Waals surface area contributed by atoms with Gasteiger partial charge in [0.1, 0.15) is 18.4 Å². The maximum absolute atomic E-state index is 13.6. The van der Waals surface area contributed by atoms with Gasteiger partial charge in [0.05, 0.1) is 6.54 Å². The van der Waals surface area contributed by atoms with Gasteiger partial charge in [-0.1, -0.05) is 12.1 Å². The summed E-state index contributed by atoms with van der Waals surface area (Å²) < 4.78 is 19.2. The molecule has 0 saturated heterocycles. The highest BCUT2D eigenvalue weighted by Crippen LogP contribution is 2.16. The predicted molar refractivity (Wildman–Crippen MR) is 107 cm³/mol. The van der Waals surface area contributed by atoms with Crippen LogP contribution in [-0.2, 0) is 4.79 Å². The number of aromatic hydroxyl groups is 1. The van der Waals surface area contributed by atoms with Crippen LogP contribution in [-0.4, -0.2) is 42.7 Å². The summed E-state index contributed by atoms with van der Waals surface area (Å²) in [5, 5.41) is 18.0. The minimum absolute atomic E-state index is 0.0846. The first-order valence-electron chi connectivity index (χ1n) is 9.00. The zero-order chi connectivity index (χ0) is 20.4. The van der Waals surface area contributed by atoms with Crippen LogP contribution >= 0.6 is 0 Å². The maximum atomic E-state index is 13.6. The van der Waals surface area contributed by atoms with Crippen molar-refractivity contribution >= 4 is 17.6 Å². The van der Waals surface area contributed by atoms with Crippen molar-refractivity contribution in [2.75, 3.05) is 25.0 Å². The number of carbonyl (C=O) groups is 1. The molecule has 0 aromatic heterocycles. The molecule has 0 spiro atoms. The van der Waals surface area contributed by atoms with Crippen LogP contribution in [0.15, 0.2) is 53.5 Å². The number of guanidine groups is 1. The molecule has 0 saturated carbocycles. The van der Waals surface area contributed by atoms with Crippen LogP contribution < -0.4 is 20.7 Å². The van der Waals surface area contributed by atoms with Crippen LogP contribution in [0.25, 0.3) is 0 Å². The van der Waals surface area contributed by atoms with Crippen molar-refractivity contribution < 1.29 is 19.0 Å². The molecule has 0 radical (unpaired) electrons. The second kappa shape index (κ2) is 10.8. The van der Waals surface area contributed by atoms with E-state index in [0.29, 0.717) is 24.7 Å². The van der Waals surface area contributed by atoms with Crippen molar-refractivity contribution in [3.63, 3.8) is 0 Å². The number of rotatable bonds is 8. The van der Waals surface area contributed by atoms with Gasteiger partial charge in [-0.2, -0.15) is 0 Å². The molecule has 0 bridgehead atoms. The molecule has 0 heterocycles. The van der Waals surface area contributed by atoms with E-state index in [1.165, 1.54) is 18.2 Å². The van der Waals surface area contributed by atoms with Crippen LogP contribution in [0.3, 0.4) is 0 Å². The van der Waals surface area contributed by atoms with Crippen LogP contribution in [0.4, 0.5) is 10.1 Å².